The van der Waals surface area contributed by atoms with Crippen molar-refractivity contribution in [3.05, 3.63) is 58.6 Å². The molecular formula is C21H20N2O5S. The highest BCUT2D eigenvalue weighted by molar-refractivity contribution is 7.18. The van der Waals surface area contributed by atoms with E-state index in [4.69, 9.17) is 4.74 Å². The van der Waals surface area contributed by atoms with Gasteiger partial charge >= 0.3 is 11.9 Å². The molecule has 3 aromatic rings. The van der Waals surface area contributed by atoms with Gasteiger partial charge in [0, 0.05) is 12.1 Å². The van der Waals surface area contributed by atoms with Gasteiger partial charge in [0.1, 0.15) is 0 Å². The maximum absolute atomic E-state index is 12.1. The van der Waals surface area contributed by atoms with Gasteiger partial charge in [-0.25, -0.2) is 9.78 Å². The number of anilines is 1. The molecule has 1 heterocycles. The number of carbonyl (C=O) groups excluding carboxylic acids is 3. The third kappa shape index (κ3) is 5.39. The fraction of sp³-hybridized carbons (Fsp3) is 0.238. The van der Waals surface area contributed by atoms with E-state index in [1.165, 1.54) is 24.5 Å². The zero-order valence-electron chi connectivity index (χ0n) is 16.1. The normalized spacial score (nSPS) is 10.6. The number of aromatic nitrogens is 1. The Labute approximate surface area is 171 Å². The van der Waals surface area contributed by atoms with Crippen molar-refractivity contribution in [1.82, 2.24) is 4.98 Å². The summed E-state index contributed by atoms with van der Waals surface area (Å²) in [5, 5.41) is 3.49. The van der Waals surface area contributed by atoms with Crippen molar-refractivity contribution in [2.24, 2.45) is 0 Å². The molecule has 0 aliphatic rings. The molecule has 150 valence electrons. The molecule has 8 heteroatoms. The number of amides is 1. The van der Waals surface area contributed by atoms with Crippen LogP contribution in [0, 0.1) is 6.92 Å². The second-order valence-electron chi connectivity index (χ2n) is 6.31. The van der Waals surface area contributed by atoms with Crippen LogP contribution >= 0.6 is 11.3 Å². The highest BCUT2D eigenvalue weighted by atomic mass is 32.1. The second kappa shape index (κ2) is 9.29. The first-order valence-corrected chi connectivity index (χ1v) is 9.77. The molecule has 0 saturated heterocycles. The van der Waals surface area contributed by atoms with Crippen molar-refractivity contribution in [2.75, 3.05) is 19.0 Å². The lowest BCUT2D eigenvalue weighted by Gasteiger charge is -2.10. The van der Waals surface area contributed by atoms with Crippen molar-refractivity contribution in [3.8, 4) is 0 Å². The molecule has 2 aromatic carbocycles. The molecular weight excluding hydrogens is 392 g/mol. The third-order valence-corrected chi connectivity index (χ3v) is 5.27. The minimum atomic E-state index is -0.498. The number of aryl methyl sites for hydroxylation is 2. The lowest BCUT2D eigenvalue weighted by molar-refractivity contribution is -0.147. The number of benzene rings is 2. The topological polar surface area (TPSA) is 94.6 Å². The van der Waals surface area contributed by atoms with Gasteiger partial charge < -0.3 is 14.8 Å². The molecule has 1 aromatic heterocycles. The number of thiazole rings is 1. The van der Waals surface area contributed by atoms with Gasteiger partial charge in [0.2, 0.25) is 0 Å². The van der Waals surface area contributed by atoms with Crippen LogP contribution in [0.1, 0.15) is 27.3 Å². The number of carbonyl (C=O) groups is 3. The van der Waals surface area contributed by atoms with Crippen LogP contribution in [0.3, 0.4) is 0 Å². The summed E-state index contributed by atoms with van der Waals surface area (Å²) in [4.78, 5) is 40.1. The van der Waals surface area contributed by atoms with E-state index in [2.05, 4.69) is 15.0 Å². The summed E-state index contributed by atoms with van der Waals surface area (Å²) in [6, 6.07) is 12.6. The summed E-state index contributed by atoms with van der Waals surface area (Å²) in [5.41, 5.74) is 2.46. The number of hydrogen-bond acceptors (Lipinski definition) is 7. The fourth-order valence-electron chi connectivity index (χ4n) is 2.64. The molecule has 0 aliphatic heterocycles. The summed E-state index contributed by atoms with van der Waals surface area (Å²) in [6.45, 7) is 1.39. The Morgan fingerprint density at radius 1 is 1.14 bits per heavy atom. The summed E-state index contributed by atoms with van der Waals surface area (Å²) >= 11 is 1.54. The molecule has 0 atom stereocenters. The van der Waals surface area contributed by atoms with E-state index < -0.39 is 24.5 Å². The standard InChI is InChI=1S/C21H20N2O5S/c1-13-7-8-14(21(26)27-2)11-16(13)22-18(24)12-28-20(25)10-9-19-23-15-5-3-4-6-17(15)29-19/h3-8,11H,9-10,12H2,1-2H3,(H,22,24). The molecule has 0 radical (unpaired) electrons. The lowest BCUT2D eigenvalue weighted by Crippen LogP contribution is -2.21. The Bertz CT molecular complexity index is 1030. The number of para-hydroxylation sites is 1. The zero-order valence-corrected chi connectivity index (χ0v) is 16.9. The van der Waals surface area contributed by atoms with Gasteiger partial charge in [-0.3, -0.25) is 9.59 Å². The summed E-state index contributed by atoms with van der Waals surface area (Å²) in [7, 11) is 1.29. The quantitative estimate of drug-likeness (QED) is 0.597. The van der Waals surface area contributed by atoms with Crippen LogP contribution < -0.4 is 5.32 Å². The van der Waals surface area contributed by atoms with Crippen molar-refractivity contribution in [1.29, 1.82) is 0 Å². The number of fused-ring (bicyclic) bond motifs is 1. The van der Waals surface area contributed by atoms with E-state index in [9.17, 15) is 14.4 Å². The lowest BCUT2D eigenvalue weighted by atomic mass is 10.1. The van der Waals surface area contributed by atoms with Gasteiger partial charge in [-0.1, -0.05) is 18.2 Å². The van der Waals surface area contributed by atoms with E-state index in [0.29, 0.717) is 17.7 Å². The monoisotopic (exact) mass is 412 g/mol. The Kier molecular flexibility index (Phi) is 6.56. The molecule has 1 amide bonds. The van der Waals surface area contributed by atoms with E-state index in [1.807, 2.05) is 24.3 Å². The van der Waals surface area contributed by atoms with Crippen LogP contribution in [0.25, 0.3) is 10.2 Å². The van der Waals surface area contributed by atoms with Gasteiger partial charge in [0.15, 0.2) is 6.61 Å². The van der Waals surface area contributed by atoms with Gasteiger partial charge in [-0.2, -0.15) is 0 Å². The number of hydrogen-bond donors (Lipinski definition) is 1. The molecule has 0 spiro atoms. The van der Waals surface area contributed by atoms with E-state index in [1.54, 1.807) is 19.1 Å². The number of esters is 2. The third-order valence-electron chi connectivity index (χ3n) is 4.18. The predicted molar refractivity (Wildman–Crippen MR) is 110 cm³/mol. The average Bonchev–Trinajstić information content (AvgIpc) is 3.14. The Balaban J connectivity index is 1.48. The number of ether oxygens (including phenoxy) is 2. The van der Waals surface area contributed by atoms with Crippen LogP contribution in [-0.2, 0) is 25.5 Å². The molecule has 1 N–H and O–H groups in total. The maximum atomic E-state index is 12.1. The summed E-state index contributed by atoms with van der Waals surface area (Å²) in [6.07, 6.45) is 0.601. The maximum Gasteiger partial charge on any atom is 0.337 e. The van der Waals surface area contributed by atoms with Crippen LogP contribution in [0.5, 0.6) is 0 Å². The molecule has 0 aliphatic carbocycles. The highest BCUT2D eigenvalue weighted by Crippen LogP contribution is 2.22. The molecule has 7 nitrogen and oxygen atoms in total. The fourth-order valence-corrected chi connectivity index (χ4v) is 3.61. The van der Waals surface area contributed by atoms with E-state index >= 15 is 0 Å². The first-order chi connectivity index (χ1) is 14.0. The molecule has 0 bridgehead atoms. The average molecular weight is 412 g/mol. The van der Waals surface area contributed by atoms with Crippen molar-refractivity contribution >= 4 is 45.1 Å². The molecule has 3 rings (SSSR count). The number of nitrogens with one attached hydrogen (secondary N) is 1. The Morgan fingerprint density at radius 3 is 2.69 bits per heavy atom. The van der Waals surface area contributed by atoms with E-state index in [-0.39, 0.29) is 6.42 Å². The summed E-state index contributed by atoms with van der Waals surface area (Å²) in [5.74, 6) is -1.45. The second-order valence-corrected chi connectivity index (χ2v) is 7.42. The smallest absolute Gasteiger partial charge is 0.337 e. The van der Waals surface area contributed by atoms with Gasteiger partial charge in [-0.05, 0) is 36.8 Å². The number of rotatable bonds is 7. The SMILES string of the molecule is COC(=O)c1ccc(C)c(NC(=O)COC(=O)CCc2nc3ccccc3s2)c1. The van der Waals surface area contributed by atoms with Crippen LogP contribution in [0.15, 0.2) is 42.5 Å². The Morgan fingerprint density at radius 2 is 1.93 bits per heavy atom. The van der Waals surface area contributed by atoms with Crippen LogP contribution in [0.2, 0.25) is 0 Å². The van der Waals surface area contributed by atoms with Gasteiger partial charge in [0.05, 0.1) is 34.3 Å². The van der Waals surface area contributed by atoms with Crippen molar-refractivity contribution in [2.45, 2.75) is 19.8 Å². The first kappa shape index (κ1) is 20.5. The van der Waals surface area contributed by atoms with Crippen molar-refractivity contribution in [3.63, 3.8) is 0 Å². The molecule has 0 fully saturated rings. The number of nitrogens with zero attached hydrogens (tertiary/aromatic N) is 1. The molecule has 0 saturated carbocycles. The zero-order chi connectivity index (χ0) is 20.8. The van der Waals surface area contributed by atoms with Crippen molar-refractivity contribution < 1.29 is 23.9 Å². The largest absolute Gasteiger partial charge is 0.465 e. The predicted octanol–water partition coefficient (Wildman–Crippen LogP) is 3.51. The van der Waals surface area contributed by atoms with E-state index in [0.717, 1.165) is 20.8 Å². The Hall–Kier alpha value is -3.26. The first-order valence-electron chi connectivity index (χ1n) is 8.95. The highest BCUT2D eigenvalue weighted by Gasteiger charge is 2.13. The van der Waals surface area contributed by atoms with Gasteiger partial charge in [-0.15, -0.1) is 11.3 Å². The van der Waals surface area contributed by atoms with Crippen LogP contribution in [-0.4, -0.2) is 36.5 Å². The summed E-state index contributed by atoms with van der Waals surface area (Å²) < 4.78 is 10.8. The van der Waals surface area contributed by atoms with Crippen LogP contribution in [0.4, 0.5) is 5.69 Å². The molecule has 0 unspecified atom stereocenters. The molecule has 29 heavy (non-hydrogen) atoms. The minimum Gasteiger partial charge on any atom is -0.465 e. The van der Waals surface area contributed by atoms with Gasteiger partial charge in [0.25, 0.3) is 5.91 Å². The number of methoxy groups -OCH3 is 1. The minimum absolute atomic E-state index is 0.143.